The number of benzene rings is 2. The van der Waals surface area contributed by atoms with Crippen molar-refractivity contribution in [3.05, 3.63) is 77.1 Å². The van der Waals surface area contributed by atoms with Crippen molar-refractivity contribution < 1.29 is 13.6 Å². The van der Waals surface area contributed by atoms with E-state index in [-0.39, 0.29) is 17.3 Å². The molecule has 23 heavy (non-hydrogen) atoms. The first-order valence-electron chi connectivity index (χ1n) is 6.83. The number of rotatable bonds is 4. The highest BCUT2D eigenvalue weighted by atomic mass is 19.1. The number of H-pyrrole nitrogens is 1. The molecule has 0 aliphatic rings. The van der Waals surface area contributed by atoms with Crippen LogP contribution in [0.2, 0.25) is 0 Å². The molecule has 0 atom stereocenters. The molecule has 7 heteroatoms. The Hall–Kier alpha value is -3.09. The smallest absolute Gasteiger partial charge is 0.258 e. The number of carbonyl (C=O) groups excluding carboxylic acids is 1. The maximum absolute atomic E-state index is 13.1. The SMILES string of the molecule is O=C(Nc1n[nH]c(Cc2cccc(F)c2)n1)c1cccc(F)c1. The molecule has 5 nitrogen and oxygen atoms in total. The summed E-state index contributed by atoms with van der Waals surface area (Å²) >= 11 is 0. The molecular weight excluding hydrogens is 302 g/mol. The van der Waals surface area contributed by atoms with Crippen molar-refractivity contribution in [2.75, 3.05) is 5.32 Å². The first-order chi connectivity index (χ1) is 11.1. The Kier molecular flexibility index (Phi) is 4.09. The summed E-state index contributed by atoms with van der Waals surface area (Å²) in [7, 11) is 0. The summed E-state index contributed by atoms with van der Waals surface area (Å²) in [5.41, 5.74) is 0.894. The van der Waals surface area contributed by atoms with Gasteiger partial charge in [-0.3, -0.25) is 15.2 Å². The van der Waals surface area contributed by atoms with Gasteiger partial charge in [-0.05, 0) is 35.9 Å². The minimum Gasteiger partial charge on any atom is -0.289 e. The van der Waals surface area contributed by atoms with Crippen LogP contribution in [-0.2, 0) is 6.42 Å². The summed E-state index contributed by atoms with van der Waals surface area (Å²) in [6.45, 7) is 0. The van der Waals surface area contributed by atoms with Crippen molar-refractivity contribution in [2.24, 2.45) is 0 Å². The fraction of sp³-hybridized carbons (Fsp3) is 0.0625. The van der Waals surface area contributed by atoms with E-state index in [1.54, 1.807) is 12.1 Å². The predicted molar refractivity (Wildman–Crippen MR) is 79.9 cm³/mol. The molecule has 0 spiro atoms. The molecule has 0 saturated heterocycles. The number of carbonyl (C=O) groups is 1. The second-order valence-electron chi connectivity index (χ2n) is 4.88. The van der Waals surface area contributed by atoms with Crippen molar-refractivity contribution in [3.63, 3.8) is 0 Å². The van der Waals surface area contributed by atoms with Gasteiger partial charge in [-0.2, -0.15) is 4.98 Å². The highest BCUT2D eigenvalue weighted by Crippen LogP contribution is 2.10. The quantitative estimate of drug-likeness (QED) is 0.778. The lowest BCUT2D eigenvalue weighted by Crippen LogP contribution is -2.13. The van der Waals surface area contributed by atoms with Gasteiger partial charge in [0.05, 0.1) is 0 Å². The summed E-state index contributed by atoms with van der Waals surface area (Å²) in [6, 6.07) is 11.4. The van der Waals surface area contributed by atoms with Gasteiger partial charge in [0.1, 0.15) is 17.5 Å². The van der Waals surface area contributed by atoms with Gasteiger partial charge in [0.25, 0.3) is 5.91 Å². The Morgan fingerprint density at radius 3 is 2.57 bits per heavy atom. The van der Waals surface area contributed by atoms with Gasteiger partial charge in [-0.15, -0.1) is 5.10 Å². The van der Waals surface area contributed by atoms with Crippen molar-refractivity contribution in [1.82, 2.24) is 15.2 Å². The second-order valence-corrected chi connectivity index (χ2v) is 4.88. The molecule has 0 bridgehead atoms. The van der Waals surface area contributed by atoms with E-state index in [9.17, 15) is 13.6 Å². The molecule has 2 aromatic carbocycles. The Morgan fingerprint density at radius 2 is 1.83 bits per heavy atom. The lowest BCUT2D eigenvalue weighted by atomic mass is 10.1. The number of hydrogen-bond donors (Lipinski definition) is 2. The van der Waals surface area contributed by atoms with Crippen LogP contribution >= 0.6 is 0 Å². The summed E-state index contributed by atoms with van der Waals surface area (Å²) in [4.78, 5) is 16.1. The molecule has 3 rings (SSSR count). The molecule has 1 heterocycles. The van der Waals surface area contributed by atoms with E-state index in [1.165, 1.54) is 30.3 Å². The minimum absolute atomic E-state index is 0.0747. The molecule has 0 aliphatic carbocycles. The van der Waals surface area contributed by atoms with E-state index < -0.39 is 11.7 Å². The van der Waals surface area contributed by atoms with E-state index in [4.69, 9.17) is 0 Å². The lowest BCUT2D eigenvalue weighted by molar-refractivity contribution is 0.102. The van der Waals surface area contributed by atoms with Crippen LogP contribution in [0.5, 0.6) is 0 Å². The van der Waals surface area contributed by atoms with Crippen LogP contribution < -0.4 is 5.32 Å². The van der Waals surface area contributed by atoms with Crippen LogP contribution in [0.25, 0.3) is 0 Å². The third-order valence-corrected chi connectivity index (χ3v) is 3.10. The number of nitrogens with one attached hydrogen (secondary N) is 2. The molecule has 0 saturated carbocycles. The second kappa shape index (κ2) is 6.35. The number of anilines is 1. The highest BCUT2D eigenvalue weighted by Gasteiger charge is 2.11. The molecule has 0 fully saturated rings. The maximum Gasteiger partial charge on any atom is 0.258 e. The Labute approximate surface area is 130 Å². The zero-order valence-electron chi connectivity index (χ0n) is 11.9. The van der Waals surface area contributed by atoms with E-state index in [1.807, 2.05) is 0 Å². The van der Waals surface area contributed by atoms with Gasteiger partial charge in [-0.25, -0.2) is 8.78 Å². The normalized spacial score (nSPS) is 10.5. The van der Waals surface area contributed by atoms with Gasteiger partial charge < -0.3 is 0 Å². The molecular formula is C16H12F2N4O. The van der Waals surface area contributed by atoms with Crippen molar-refractivity contribution in [1.29, 1.82) is 0 Å². The number of nitrogens with zero attached hydrogens (tertiary/aromatic N) is 2. The van der Waals surface area contributed by atoms with E-state index >= 15 is 0 Å². The summed E-state index contributed by atoms with van der Waals surface area (Å²) in [6.07, 6.45) is 0.348. The van der Waals surface area contributed by atoms with Crippen molar-refractivity contribution in [3.8, 4) is 0 Å². The summed E-state index contributed by atoms with van der Waals surface area (Å²) in [5.74, 6) is -0.794. The Bertz CT molecular complexity index is 847. The summed E-state index contributed by atoms with van der Waals surface area (Å²) in [5, 5.41) is 9.01. The van der Waals surface area contributed by atoms with Crippen LogP contribution in [0.3, 0.4) is 0 Å². The first-order valence-corrected chi connectivity index (χ1v) is 6.83. The molecule has 0 unspecified atom stereocenters. The minimum atomic E-state index is -0.513. The standard InChI is InChI=1S/C16H12F2N4O/c17-12-5-1-3-10(7-12)8-14-19-16(22-21-14)20-15(23)11-4-2-6-13(18)9-11/h1-7,9H,8H2,(H2,19,20,21,22,23). The number of amides is 1. The number of aromatic nitrogens is 3. The molecule has 1 amide bonds. The zero-order valence-corrected chi connectivity index (χ0v) is 11.9. The van der Waals surface area contributed by atoms with Gasteiger partial charge in [0.2, 0.25) is 5.95 Å². The van der Waals surface area contributed by atoms with E-state index in [2.05, 4.69) is 20.5 Å². The topological polar surface area (TPSA) is 70.7 Å². The van der Waals surface area contributed by atoms with Crippen LogP contribution in [0, 0.1) is 11.6 Å². The van der Waals surface area contributed by atoms with Crippen LogP contribution in [0.15, 0.2) is 48.5 Å². The Morgan fingerprint density at radius 1 is 1.09 bits per heavy atom. The maximum atomic E-state index is 13.1. The van der Waals surface area contributed by atoms with Crippen molar-refractivity contribution >= 4 is 11.9 Å². The van der Waals surface area contributed by atoms with Gasteiger partial charge in [-0.1, -0.05) is 18.2 Å². The molecule has 0 radical (unpaired) electrons. The number of halogens is 2. The zero-order chi connectivity index (χ0) is 16.2. The van der Waals surface area contributed by atoms with Crippen LogP contribution in [0.4, 0.5) is 14.7 Å². The van der Waals surface area contributed by atoms with Crippen LogP contribution in [0.1, 0.15) is 21.7 Å². The van der Waals surface area contributed by atoms with E-state index in [0.717, 1.165) is 11.6 Å². The Balaban J connectivity index is 1.68. The molecule has 116 valence electrons. The van der Waals surface area contributed by atoms with Gasteiger partial charge in [0, 0.05) is 12.0 Å². The highest BCUT2D eigenvalue weighted by molar-refractivity contribution is 6.03. The monoisotopic (exact) mass is 314 g/mol. The third-order valence-electron chi connectivity index (χ3n) is 3.10. The average Bonchev–Trinajstić information content (AvgIpc) is 2.94. The largest absolute Gasteiger partial charge is 0.289 e. The van der Waals surface area contributed by atoms with E-state index in [0.29, 0.717) is 12.2 Å². The fourth-order valence-corrected chi connectivity index (χ4v) is 2.07. The van der Waals surface area contributed by atoms with Crippen molar-refractivity contribution in [2.45, 2.75) is 6.42 Å². The number of aromatic amines is 1. The number of hydrogen-bond acceptors (Lipinski definition) is 3. The molecule has 2 N–H and O–H groups in total. The summed E-state index contributed by atoms with van der Waals surface area (Å²) < 4.78 is 26.2. The first kappa shape index (κ1) is 14.8. The molecule has 0 aliphatic heterocycles. The third kappa shape index (κ3) is 3.76. The van der Waals surface area contributed by atoms with Gasteiger partial charge >= 0.3 is 0 Å². The molecule has 1 aromatic heterocycles. The fourth-order valence-electron chi connectivity index (χ4n) is 2.07. The molecule has 3 aromatic rings. The van der Waals surface area contributed by atoms with Crippen LogP contribution in [-0.4, -0.2) is 21.1 Å². The average molecular weight is 314 g/mol. The van der Waals surface area contributed by atoms with Gasteiger partial charge in [0.15, 0.2) is 0 Å². The predicted octanol–water partition coefficient (Wildman–Crippen LogP) is 2.93. The lowest BCUT2D eigenvalue weighted by Gasteiger charge is -2.00.